The second-order valence-electron chi connectivity index (χ2n) is 6.10. The number of ether oxygens (including phenoxy) is 2. The van der Waals surface area contributed by atoms with Gasteiger partial charge < -0.3 is 14.8 Å². The highest BCUT2D eigenvalue weighted by atomic mass is 16.6. The van der Waals surface area contributed by atoms with Crippen LogP contribution in [0.2, 0.25) is 0 Å². The van der Waals surface area contributed by atoms with Crippen molar-refractivity contribution in [2.24, 2.45) is 0 Å². The minimum atomic E-state index is -0.439. The number of hydrogen-bond acceptors (Lipinski definition) is 4. The minimum absolute atomic E-state index is 0.314. The zero-order chi connectivity index (χ0) is 17.9. The number of rotatable bonds is 4. The first-order valence-corrected chi connectivity index (χ1v) is 8.36. The molecule has 130 valence electrons. The van der Waals surface area contributed by atoms with E-state index in [4.69, 9.17) is 9.47 Å². The van der Waals surface area contributed by atoms with Gasteiger partial charge in [0.25, 0.3) is 0 Å². The number of carbonyl (C=O) groups excluding carboxylic acids is 1. The molecule has 3 aromatic rings. The van der Waals surface area contributed by atoms with Crippen LogP contribution in [0.15, 0.2) is 73.1 Å². The van der Waals surface area contributed by atoms with Crippen molar-refractivity contribution in [1.29, 1.82) is 0 Å². The van der Waals surface area contributed by atoms with Gasteiger partial charge in [0.1, 0.15) is 11.8 Å². The third-order valence-electron chi connectivity index (χ3n) is 4.46. The van der Waals surface area contributed by atoms with Gasteiger partial charge in [-0.25, -0.2) is 4.79 Å². The molecule has 5 nitrogen and oxygen atoms in total. The summed E-state index contributed by atoms with van der Waals surface area (Å²) in [6.45, 7) is 0. The molecule has 4 rings (SSSR count). The lowest BCUT2D eigenvalue weighted by Gasteiger charge is -2.18. The average Bonchev–Trinajstić information content (AvgIpc) is 3.11. The Morgan fingerprint density at radius 2 is 1.81 bits per heavy atom. The first-order chi connectivity index (χ1) is 12.7. The highest BCUT2D eigenvalue weighted by Crippen LogP contribution is 2.38. The van der Waals surface area contributed by atoms with E-state index in [1.165, 1.54) is 0 Å². The molecule has 1 fully saturated rings. The van der Waals surface area contributed by atoms with Crippen LogP contribution in [-0.2, 0) is 4.74 Å². The molecule has 26 heavy (non-hydrogen) atoms. The van der Waals surface area contributed by atoms with Gasteiger partial charge in [0.15, 0.2) is 6.10 Å². The first kappa shape index (κ1) is 16.1. The van der Waals surface area contributed by atoms with E-state index in [1.54, 1.807) is 13.3 Å². The van der Waals surface area contributed by atoms with Crippen molar-refractivity contribution in [2.45, 2.75) is 12.1 Å². The summed E-state index contributed by atoms with van der Waals surface area (Å²) in [4.78, 5) is 16.3. The molecular weight excluding hydrogens is 328 g/mol. The van der Waals surface area contributed by atoms with E-state index in [-0.39, 0.29) is 6.04 Å². The molecule has 1 amide bonds. The summed E-state index contributed by atoms with van der Waals surface area (Å²) in [6.07, 6.45) is 2.70. The maximum Gasteiger partial charge on any atom is 0.408 e. The van der Waals surface area contributed by atoms with E-state index in [9.17, 15) is 4.79 Å². The summed E-state index contributed by atoms with van der Waals surface area (Å²) >= 11 is 0. The third kappa shape index (κ3) is 3.11. The molecule has 0 saturated carbocycles. The molecule has 1 aromatic heterocycles. The molecule has 0 unspecified atom stereocenters. The molecule has 1 aliphatic heterocycles. The van der Waals surface area contributed by atoms with Gasteiger partial charge in [-0.1, -0.05) is 42.5 Å². The third-order valence-corrected chi connectivity index (χ3v) is 4.46. The van der Waals surface area contributed by atoms with E-state index in [0.29, 0.717) is 0 Å². The largest absolute Gasteiger partial charge is 0.497 e. The van der Waals surface area contributed by atoms with Crippen LogP contribution in [-0.4, -0.2) is 18.2 Å². The highest BCUT2D eigenvalue weighted by Gasteiger charge is 2.36. The lowest BCUT2D eigenvalue weighted by atomic mass is 9.95. The predicted molar refractivity (Wildman–Crippen MR) is 97.8 cm³/mol. The van der Waals surface area contributed by atoms with Crippen LogP contribution in [0.25, 0.3) is 11.1 Å². The Bertz CT molecular complexity index is 927. The number of aromatic nitrogens is 1. The van der Waals surface area contributed by atoms with Gasteiger partial charge in [-0.05, 0) is 34.9 Å². The molecule has 5 heteroatoms. The molecule has 0 spiro atoms. The fraction of sp³-hybridized carbons (Fsp3) is 0.143. The number of cyclic esters (lactones) is 1. The van der Waals surface area contributed by atoms with Gasteiger partial charge in [0.2, 0.25) is 0 Å². The van der Waals surface area contributed by atoms with Crippen LogP contribution in [0, 0.1) is 0 Å². The second-order valence-corrected chi connectivity index (χ2v) is 6.10. The fourth-order valence-corrected chi connectivity index (χ4v) is 3.17. The number of amides is 1. The Kier molecular flexibility index (Phi) is 4.27. The predicted octanol–water partition coefficient (Wildman–Crippen LogP) is 4.28. The summed E-state index contributed by atoms with van der Waals surface area (Å²) in [5, 5.41) is 2.89. The van der Waals surface area contributed by atoms with Gasteiger partial charge in [0, 0.05) is 18.0 Å². The number of alkyl carbamates (subject to hydrolysis) is 1. The van der Waals surface area contributed by atoms with E-state index in [1.807, 2.05) is 66.9 Å². The Morgan fingerprint density at radius 1 is 0.962 bits per heavy atom. The van der Waals surface area contributed by atoms with Gasteiger partial charge in [-0.2, -0.15) is 0 Å². The standard InChI is InChI=1S/C21H18N2O3/c1-25-18-9-5-8-15(11-18)20-19(23-21(24)26-20)17-10-16(12-22-13-17)14-6-3-2-4-7-14/h2-13,19-20H,1H3,(H,23,24)/t19-,20-/m0/s1. The monoisotopic (exact) mass is 346 g/mol. The van der Waals surface area contributed by atoms with Crippen molar-refractivity contribution in [3.63, 3.8) is 0 Å². The molecular formula is C21H18N2O3. The molecule has 1 saturated heterocycles. The zero-order valence-corrected chi connectivity index (χ0v) is 14.3. The SMILES string of the molecule is COc1cccc([C@@H]2OC(=O)N[C@H]2c2cncc(-c3ccccc3)c2)c1. The molecule has 0 bridgehead atoms. The van der Waals surface area contributed by atoms with Gasteiger partial charge in [-0.3, -0.25) is 4.98 Å². The van der Waals surface area contributed by atoms with Crippen molar-refractivity contribution >= 4 is 6.09 Å². The number of benzene rings is 2. The Balaban J connectivity index is 1.70. The second kappa shape index (κ2) is 6.88. The van der Waals surface area contributed by atoms with Crippen LogP contribution in [0.3, 0.4) is 0 Å². The van der Waals surface area contributed by atoms with Crippen LogP contribution in [0.1, 0.15) is 23.3 Å². The molecule has 2 heterocycles. The van der Waals surface area contributed by atoms with Crippen molar-refractivity contribution in [2.75, 3.05) is 7.11 Å². The summed E-state index contributed by atoms with van der Waals surface area (Å²) in [5.41, 5.74) is 3.83. The number of methoxy groups -OCH3 is 1. The van der Waals surface area contributed by atoms with E-state index < -0.39 is 12.2 Å². The lowest BCUT2D eigenvalue weighted by Crippen LogP contribution is -2.19. The maximum absolute atomic E-state index is 11.9. The smallest absolute Gasteiger partial charge is 0.408 e. The quantitative estimate of drug-likeness (QED) is 0.766. The Hall–Kier alpha value is -3.34. The van der Waals surface area contributed by atoms with Gasteiger partial charge in [-0.15, -0.1) is 0 Å². The molecule has 2 aromatic carbocycles. The highest BCUT2D eigenvalue weighted by molar-refractivity contribution is 5.72. The number of carbonyl (C=O) groups is 1. The molecule has 2 atom stereocenters. The first-order valence-electron chi connectivity index (χ1n) is 8.36. The summed E-state index contributed by atoms with van der Waals surface area (Å²) in [7, 11) is 1.61. The minimum Gasteiger partial charge on any atom is -0.497 e. The average molecular weight is 346 g/mol. The number of pyridine rings is 1. The van der Waals surface area contributed by atoms with E-state index >= 15 is 0 Å². The van der Waals surface area contributed by atoms with Crippen LogP contribution in [0.4, 0.5) is 4.79 Å². The van der Waals surface area contributed by atoms with Crippen LogP contribution >= 0.6 is 0 Å². The summed E-state index contributed by atoms with van der Waals surface area (Å²) in [5.74, 6) is 0.723. The molecule has 1 aliphatic rings. The topological polar surface area (TPSA) is 60.5 Å². The van der Waals surface area contributed by atoms with Gasteiger partial charge >= 0.3 is 6.09 Å². The maximum atomic E-state index is 11.9. The molecule has 0 aliphatic carbocycles. The lowest BCUT2D eigenvalue weighted by molar-refractivity contribution is 0.132. The fourth-order valence-electron chi connectivity index (χ4n) is 3.17. The molecule has 0 radical (unpaired) electrons. The normalized spacial score (nSPS) is 18.9. The van der Waals surface area contributed by atoms with Crippen molar-refractivity contribution in [3.05, 3.63) is 84.2 Å². The van der Waals surface area contributed by atoms with E-state index in [2.05, 4.69) is 10.3 Å². The van der Waals surface area contributed by atoms with Crippen molar-refractivity contribution in [1.82, 2.24) is 10.3 Å². The van der Waals surface area contributed by atoms with Crippen molar-refractivity contribution < 1.29 is 14.3 Å². The number of hydrogen-bond donors (Lipinski definition) is 1. The Labute approximate surface area is 151 Å². The van der Waals surface area contributed by atoms with Crippen molar-refractivity contribution in [3.8, 4) is 16.9 Å². The number of nitrogens with one attached hydrogen (secondary N) is 1. The Morgan fingerprint density at radius 3 is 2.62 bits per heavy atom. The van der Waals surface area contributed by atoms with E-state index in [0.717, 1.165) is 28.0 Å². The zero-order valence-electron chi connectivity index (χ0n) is 14.3. The number of nitrogens with zero attached hydrogens (tertiary/aromatic N) is 1. The van der Waals surface area contributed by atoms with Crippen LogP contribution < -0.4 is 10.1 Å². The van der Waals surface area contributed by atoms with Gasteiger partial charge in [0.05, 0.1) is 7.11 Å². The molecule has 1 N–H and O–H groups in total. The van der Waals surface area contributed by atoms with Crippen LogP contribution in [0.5, 0.6) is 5.75 Å². The summed E-state index contributed by atoms with van der Waals surface area (Å²) < 4.78 is 10.8. The summed E-state index contributed by atoms with van der Waals surface area (Å²) in [6, 6.07) is 19.3.